The monoisotopic (exact) mass is 429 g/mol. The first-order chi connectivity index (χ1) is 13.9. The fourth-order valence-corrected chi connectivity index (χ4v) is 4.05. The average molecular weight is 430 g/mol. The lowest BCUT2D eigenvalue weighted by molar-refractivity contribution is 0.0752. The second kappa shape index (κ2) is 9.07. The van der Waals surface area contributed by atoms with Crippen LogP contribution in [-0.4, -0.2) is 30.8 Å². The van der Waals surface area contributed by atoms with Crippen molar-refractivity contribution >= 4 is 33.2 Å². The second-order valence-electron chi connectivity index (χ2n) is 6.32. The van der Waals surface area contributed by atoms with Crippen molar-refractivity contribution in [3.05, 3.63) is 89.2 Å². The quantitative estimate of drug-likeness (QED) is 0.610. The van der Waals surface area contributed by atoms with Gasteiger partial charge in [-0.2, -0.15) is 0 Å². The molecule has 0 radical (unpaired) electrons. The van der Waals surface area contributed by atoms with Gasteiger partial charge in [0.15, 0.2) is 0 Å². The highest BCUT2D eigenvalue weighted by Gasteiger charge is 2.18. The van der Waals surface area contributed by atoms with Gasteiger partial charge in [-0.15, -0.1) is 0 Å². The normalized spacial score (nSPS) is 11.1. The molecule has 150 valence electrons. The smallest absolute Gasteiger partial charge is 0.261 e. The van der Waals surface area contributed by atoms with Gasteiger partial charge in [-0.25, -0.2) is 8.42 Å². The van der Waals surface area contributed by atoms with Gasteiger partial charge in [0, 0.05) is 36.1 Å². The summed E-state index contributed by atoms with van der Waals surface area (Å²) in [6.07, 6.45) is 3.00. The van der Waals surface area contributed by atoms with Crippen molar-refractivity contribution in [1.29, 1.82) is 0 Å². The van der Waals surface area contributed by atoms with Crippen molar-refractivity contribution in [3.8, 4) is 0 Å². The molecule has 0 aliphatic carbocycles. The van der Waals surface area contributed by atoms with Gasteiger partial charge in [0.2, 0.25) is 0 Å². The average Bonchev–Trinajstić information content (AvgIpc) is 2.72. The number of rotatable bonds is 7. The Kier molecular flexibility index (Phi) is 6.51. The van der Waals surface area contributed by atoms with E-state index in [9.17, 15) is 13.2 Å². The Balaban J connectivity index is 1.75. The summed E-state index contributed by atoms with van der Waals surface area (Å²) in [5, 5.41) is 0.613. The predicted octanol–water partition coefficient (Wildman–Crippen LogP) is 4.20. The van der Waals surface area contributed by atoms with Crippen LogP contribution in [0.3, 0.4) is 0 Å². The number of nitrogens with zero attached hydrogens (tertiary/aromatic N) is 2. The summed E-state index contributed by atoms with van der Waals surface area (Å²) in [5.41, 5.74) is 1.75. The molecule has 0 saturated heterocycles. The van der Waals surface area contributed by atoms with E-state index >= 15 is 0 Å². The van der Waals surface area contributed by atoms with Crippen molar-refractivity contribution < 1.29 is 13.2 Å². The zero-order valence-corrected chi connectivity index (χ0v) is 17.3. The van der Waals surface area contributed by atoms with Crippen molar-refractivity contribution in [1.82, 2.24) is 9.88 Å². The molecule has 1 amide bonds. The number of hydrogen-bond acceptors (Lipinski definition) is 4. The molecule has 0 unspecified atom stereocenters. The molecule has 0 atom stereocenters. The highest BCUT2D eigenvalue weighted by Crippen LogP contribution is 2.18. The van der Waals surface area contributed by atoms with Crippen LogP contribution >= 0.6 is 11.6 Å². The molecule has 29 heavy (non-hydrogen) atoms. The fourth-order valence-electron chi connectivity index (χ4n) is 2.78. The summed E-state index contributed by atoms with van der Waals surface area (Å²) < 4.78 is 27.5. The third-order valence-corrected chi connectivity index (χ3v) is 5.91. The lowest BCUT2D eigenvalue weighted by atomic mass is 10.1. The van der Waals surface area contributed by atoms with E-state index in [0.29, 0.717) is 29.4 Å². The maximum Gasteiger partial charge on any atom is 0.261 e. The highest BCUT2D eigenvalue weighted by atomic mass is 35.5. The van der Waals surface area contributed by atoms with Crippen LogP contribution in [0, 0.1) is 0 Å². The van der Waals surface area contributed by atoms with E-state index < -0.39 is 10.0 Å². The Morgan fingerprint density at radius 1 is 1.07 bits per heavy atom. The van der Waals surface area contributed by atoms with Crippen LogP contribution in [-0.2, 0) is 16.6 Å². The molecular weight excluding hydrogens is 410 g/mol. The van der Waals surface area contributed by atoms with Gasteiger partial charge in [0.1, 0.15) is 0 Å². The van der Waals surface area contributed by atoms with E-state index in [1.165, 1.54) is 36.7 Å². The van der Waals surface area contributed by atoms with Gasteiger partial charge in [0.05, 0.1) is 10.6 Å². The molecule has 0 aliphatic heterocycles. The molecule has 6 nitrogen and oxygen atoms in total. The number of carbonyl (C=O) groups is 1. The molecular formula is C21H20ClN3O3S. The van der Waals surface area contributed by atoms with Crippen molar-refractivity contribution in [2.24, 2.45) is 0 Å². The maximum absolute atomic E-state index is 12.8. The Morgan fingerprint density at radius 3 is 2.38 bits per heavy atom. The summed E-state index contributed by atoms with van der Waals surface area (Å²) in [7, 11) is -3.75. The van der Waals surface area contributed by atoms with Gasteiger partial charge in [-0.3, -0.25) is 14.5 Å². The Bertz CT molecular complexity index is 1090. The molecule has 0 aliphatic rings. The minimum atomic E-state index is -3.75. The first-order valence-corrected chi connectivity index (χ1v) is 10.8. The van der Waals surface area contributed by atoms with Crippen LogP contribution in [0.25, 0.3) is 0 Å². The number of pyridine rings is 1. The lowest BCUT2D eigenvalue weighted by Crippen LogP contribution is -2.30. The molecule has 1 aromatic heterocycles. The molecule has 1 heterocycles. The third kappa shape index (κ3) is 5.34. The Labute approximate surface area is 175 Å². The largest absolute Gasteiger partial charge is 0.335 e. The number of anilines is 1. The minimum Gasteiger partial charge on any atom is -0.335 e. The van der Waals surface area contributed by atoms with E-state index in [1.807, 2.05) is 25.1 Å². The molecule has 1 N–H and O–H groups in total. The molecule has 0 fully saturated rings. The van der Waals surface area contributed by atoms with Crippen LogP contribution in [0.2, 0.25) is 5.02 Å². The first-order valence-electron chi connectivity index (χ1n) is 8.95. The van der Waals surface area contributed by atoms with Crippen LogP contribution < -0.4 is 4.72 Å². The molecule has 0 saturated carbocycles. The maximum atomic E-state index is 12.8. The summed E-state index contributed by atoms with van der Waals surface area (Å²) in [5.74, 6) is -0.182. The topological polar surface area (TPSA) is 79.4 Å². The van der Waals surface area contributed by atoms with Gasteiger partial charge in [-0.1, -0.05) is 23.7 Å². The minimum absolute atomic E-state index is 0.0729. The SMILES string of the molecule is CCN(Cc1cccc(Cl)c1)C(=O)c1ccc(S(=O)(=O)Nc2ccncc2)cc1. The molecule has 3 rings (SSSR count). The third-order valence-electron chi connectivity index (χ3n) is 4.28. The standard InChI is InChI=1S/C21H20ClN3O3S/c1-2-25(15-16-4-3-5-18(22)14-16)21(26)17-6-8-20(9-7-17)29(27,28)24-19-10-12-23-13-11-19/h3-14H,2,15H2,1H3,(H,23,24). The van der Waals surface area contributed by atoms with Gasteiger partial charge in [-0.05, 0) is 61.0 Å². The molecule has 8 heteroatoms. The highest BCUT2D eigenvalue weighted by molar-refractivity contribution is 7.92. The van der Waals surface area contributed by atoms with Crippen LogP contribution in [0.4, 0.5) is 5.69 Å². The predicted molar refractivity (Wildman–Crippen MR) is 113 cm³/mol. The van der Waals surface area contributed by atoms with E-state index in [2.05, 4.69) is 9.71 Å². The summed E-state index contributed by atoms with van der Waals surface area (Å²) in [4.78, 5) is 18.4. The van der Waals surface area contributed by atoms with Crippen molar-refractivity contribution in [2.75, 3.05) is 11.3 Å². The number of aromatic nitrogens is 1. The summed E-state index contributed by atoms with van der Waals surface area (Å²) in [6.45, 7) is 2.81. The summed E-state index contributed by atoms with van der Waals surface area (Å²) in [6, 6.07) is 16.3. The number of benzene rings is 2. The number of amides is 1. The fraction of sp³-hybridized carbons (Fsp3) is 0.143. The molecule has 0 spiro atoms. The van der Waals surface area contributed by atoms with E-state index in [4.69, 9.17) is 11.6 Å². The van der Waals surface area contributed by atoms with Gasteiger partial charge >= 0.3 is 0 Å². The second-order valence-corrected chi connectivity index (χ2v) is 8.43. The Hall–Kier alpha value is -2.90. The number of nitrogens with one attached hydrogen (secondary N) is 1. The van der Waals surface area contributed by atoms with Gasteiger partial charge < -0.3 is 4.90 Å². The van der Waals surface area contributed by atoms with Crippen LogP contribution in [0.15, 0.2) is 78.0 Å². The van der Waals surface area contributed by atoms with Crippen molar-refractivity contribution in [2.45, 2.75) is 18.4 Å². The van der Waals surface area contributed by atoms with E-state index in [1.54, 1.807) is 23.1 Å². The number of halogens is 1. The van der Waals surface area contributed by atoms with E-state index in [-0.39, 0.29) is 10.8 Å². The zero-order chi connectivity index (χ0) is 20.9. The zero-order valence-electron chi connectivity index (χ0n) is 15.7. The number of hydrogen-bond donors (Lipinski definition) is 1. The lowest BCUT2D eigenvalue weighted by Gasteiger charge is -2.21. The van der Waals surface area contributed by atoms with Crippen LogP contribution in [0.5, 0.6) is 0 Å². The number of carbonyl (C=O) groups excluding carboxylic acids is 1. The van der Waals surface area contributed by atoms with Crippen LogP contribution in [0.1, 0.15) is 22.8 Å². The number of sulfonamides is 1. The van der Waals surface area contributed by atoms with E-state index in [0.717, 1.165) is 5.56 Å². The molecule has 0 bridgehead atoms. The first kappa shape index (κ1) is 20.8. The van der Waals surface area contributed by atoms with Gasteiger partial charge in [0.25, 0.3) is 15.9 Å². The summed E-state index contributed by atoms with van der Waals surface area (Å²) >= 11 is 6.02. The van der Waals surface area contributed by atoms with Crippen molar-refractivity contribution in [3.63, 3.8) is 0 Å². The molecule has 2 aromatic carbocycles. The Morgan fingerprint density at radius 2 is 1.76 bits per heavy atom. The molecule has 3 aromatic rings.